The molecule has 0 aliphatic rings. The lowest BCUT2D eigenvalue weighted by molar-refractivity contribution is -0.675. The second-order valence-electron chi connectivity index (χ2n) is 3.69. The predicted molar refractivity (Wildman–Crippen MR) is 49.8 cm³/mol. The van der Waals surface area contributed by atoms with Crippen LogP contribution in [0.15, 0.2) is 12.4 Å². The van der Waals surface area contributed by atoms with Gasteiger partial charge in [-0.2, -0.15) is 0 Å². The van der Waals surface area contributed by atoms with Crippen molar-refractivity contribution >= 4 is 0 Å². The summed E-state index contributed by atoms with van der Waals surface area (Å²) < 4.78 is 68.0. The molecule has 18 heavy (non-hydrogen) atoms. The van der Waals surface area contributed by atoms with Crippen molar-refractivity contribution in [3.05, 3.63) is 53.4 Å². The molecule has 0 N–H and O–H groups in total. The topological polar surface area (TPSA) is 8.81 Å². The van der Waals surface area contributed by atoms with Gasteiger partial charge in [0.2, 0.25) is 12.1 Å². The van der Waals surface area contributed by atoms with Crippen LogP contribution in [0.4, 0.5) is 22.0 Å². The van der Waals surface area contributed by atoms with Gasteiger partial charge < -0.3 is 9.13 Å². The maximum absolute atomic E-state index is 13.3. The van der Waals surface area contributed by atoms with E-state index in [9.17, 15) is 22.0 Å². The van der Waals surface area contributed by atoms with Crippen molar-refractivity contribution in [2.24, 2.45) is 7.05 Å². The molecule has 96 valence electrons. The van der Waals surface area contributed by atoms with Gasteiger partial charge in [0.25, 0.3) is 0 Å². The van der Waals surface area contributed by atoms with Crippen molar-refractivity contribution in [3.63, 3.8) is 0 Å². The average Bonchev–Trinajstić information content (AvgIpc) is 2.75. The molecule has 0 radical (unpaired) electrons. The highest BCUT2D eigenvalue weighted by molar-refractivity contribution is 5.24. The van der Waals surface area contributed by atoms with E-state index in [1.54, 1.807) is 7.05 Å². The largest absolute Gasteiger partial charge is 0.354 e. The predicted octanol–water partition coefficient (Wildman–Crippen LogP) is 1.86. The van der Waals surface area contributed by atoms with Crippen molar-refractivity contribution in [2.75, 3.05) is 0 Å². The first-order valence-corrected chi connectivity index (χ1v) is 4.86. The second kappa shape index (κ2) is 4.40. The maximum Gasteiger partial charge on any atom is 0.203 e. The van der Waals surface area contributed by atoms with Crippen LogP contribution in [-0.4, -0.2) is 4.57 Å². The SMILES string of the molecule is C[n+]1[c-]n(Cc2c(F)c(F)c(F)c(F)c2F)cc1. The molecule has 1 heterocycles. The zero-order chi connectivity index (χ0) is 13.4. The number of rotatable bonds is 2. The van der Waals surface area contributed by atoms with Crippen LogP contribution in [0.2, 0.25) is 0 Å². The lowest BCUT2D eigenvalue weighted by Gasteiger charge is -2.07. The fraction of sp³-hybridized carbons (Fsp3) is 0.182. The number of nitrogens with zero attached hydrogens (tertiary/aromatic N) is 2. The molecule has 0 aliphatic heterocycles. The second-order valence-corrected chi connectivity index (χ2v) is 3.69. The molecule has 0 aliphatic carbocycles. The molecule has 0 spiro atoms. The Morgan fingerprint density at radius 3 is 1.94 bits per heavy atom. The van der Waals surface area contributed by atoms with Gasteiger partial charge in [-0.15, -0.1) is 0 Å². The number of imidazole rings is 1. The summed E-state index contributed by atoms with van der Waals surface area (Å²) in [5.41, 5.74) is -0.890. The van der Waals surface area contributed by atoms with Gasteiger partial charge in [-0.3, -0.25) is 0 Å². The molecule has 2 aromatic rings. The van der Waals surface area contributed by atoms with Gasteiger partial charge in [0.15, 0.2) is 23.3 Å². The monoisotopic (exact) mass is 262 g/mol. The molecule has 2 nitrogen and oxygen atoms in total. The highest BCUT2D eigenvalue weighted by Gasteiger charge is 2.26. The number of hydrogen-bond acceptors (Lipinski definition) is 0. The third-order valence-corrected chi connectivity index (χ3v) is 2.39. The summed E-state index contributed by atoms with van der Waals surface area (Å²) in [6.45, 7) is -0.493. The third kappa shape index (κ3) is 1.96. The Hall–Kier alpha value is -1.92. The Balaban J connectivity index is 2.51. The standard InChI is InChI=1S/C11H7F5N2/c1-17-2-3-18(5-17)4-6-7(12)9(14)11(16)10(15)8(6)13/h2-3H,4H2,1H3. The van der Waals surface area contributed by atoms with Crippen molar-refractivity contribution in [1.82, 2.24) is 4.57 Å². The maximum atomic E-state index is 13.3. The summed E-state index contributed by atoms with van der Waals surface area (Å²) >= 11 is 0. The smallest absolute Gasteiger partial charge is 0.203 e. The molecule has 0 bridgehead atoms. The summed E-state index contributed by atoms with van der Waals surface area (Å²) in [4.78, 5) is 0. The van der Waals surface area contributed by atoms with E-state index >= 15 is 0 Å². The van der Waals surface area contributed by atoms with Crippen LogP contribution in [0.5, 0.6) is 0 Å². The first-order valence-electron chi connectivity index (χ1n) is 4.86. The van der Waals surface area contributed by atoms with Gasteiger partial charge in [-0.25, -0.2) is 22.0 Å². The molecule has 2 rings (SSSR count). The minimum absolute atomic E-state index is 0.493. The van der Waals surface area contributed by atoms with E-state index in [2.05, 4.69) is 6.33 Å². The number of hydrogen-bond donors (Lipinski definition) is 0. The highest BCUT2D eigenvalue weighted by Crippen LogP contribution is 2.23. The third-order valence-electron chi connectivity index (χ3n) is 2.39. The van der Waals surface area contributed by atoms with Crippen LogP contribution in [0.25, 0.3) is 0 Å². The molecular formula is C11H7F5N2. The van der Waals surface area contributed by atoms with E-state index in [1.807, 2.05) is 0 Å². The molecule has 1 aromatic heterocycles. The Kier molecular flexibility index (Phi) is 3.06. The van der Waals surface area contributed by atoms with Crippen LogP contribution >= 0.6 is 0 Å². The van der Waals surface area contributed by atoms with Crippen molar-refractivity contribution in [2.45, 2.75) is 6.54 Å². The first-order chi connectivity index (χ1) is 8.41. The zero-order valence-electron chi connectivity index (χ0n) is 9.15. The Morgan fingerprint density at radius 1 is 1.00 bits per heavy atom. The summed E-state index contributed by atoms with van der Waals surface area (Å²) in [6.07, 6.45) is 5.51. The first kappa shape index (κ1) is 12.5. The average molecular weight is 262 g/mol. The molecule has 0 fully saturated rings. The van der Waals surface area contributed by atoms with Crippen molar-refractivity contribution in [1.29, 1.82) is 0 Å². The number of benzene rings is 1. The quantitative estimate of drug-likeness (QED) is 0.257. The van der Waals surface area contributed by atoms with Crippen LogP contribution in [-0.2, 0) is 13.6 Å². The minimum atomic E-state index is -2.16. The van der Waals surface area contributed by atoms with Gasteiger partial charge in [0.05, 0.1) is 19.2 Å². The fourth-order valence-corrected chi connectivity index (χ4v) is 1.50. The zero-order valence-corrected chi connectivity index (χ0v) is 9.15. The minimum Gasteiger partial charge on any atom is -0.354 e. The van der Waals surface area contributed by atoms with Crippen LogP contribution in [0, 0.1) is 35.4 Å². The molecule has 0 amide bonds. The van der Waals surface area contributed by atoms with Gasteiger partial charge in [-0.05, 0) is 12.4 Å². The molecule has 0 atom stereocenters. The van der Waals surface area contributed by atoms with Gasteiger partial charge >= 0.3 is 0 Å². The molecule has 0 saturated carbocycles. The Bertz CT molecular complexity index is 577. The molecular weight excluding hydrogens is 255 g/mol. The Morgan fingerprint density at radius 2 is 1.50 bits per heavy atom. The summed E-state index contributed by atoms with van der Waals surface area (Å²) in [6, 6.07) is 0. The molecule has 0 saturated heterocycles. The molecule has 7 heteroatoms. The summed E-state index contributed by atoms with van der Waals surface area (Å²) in [5.74, 6) is -9.69. The van der Waals surface area contributed by atoms with E-state index in [-0.39, 0.29) is 0 Å². The number of aromatic nitrogens is 2. The van der Waals surface area contributed by atoms with Gasteiger partial charge in [-0.1, -0.05) is 0 Å². The molecule has 0 unspecified atom stereocenters. The normalized spacial score (nSPS) is 11.0. The van der Waals surface area contributed by atoms with Crippen LogP contribution < -0.4 is 4.57 Å². The van der Waals surface area contributed by atoms with Gasteiger partial charge in [0.1, 0.15) is 0 Å². The lowest BCUT2D eigenvalue weighted by atomic mass is 10.1. The van der Waals surface area contributed by atoms with Crippen LogP contribution in [0.1, 0.15) is 5.56 Å². The fourth-order valence-electron chi connectivity index (χ4n) is 1.50. The lowest BCUT2D eigenvalue weighted by Crippen LogP contribution is -2.25. The van der Waals surface area contributed by atoms with Gasteiger partial charge in [0, 0.05) is 0 Å². The Labute approximate surface area is 98.9 Å². The van der Waals surface area contributed by atoms with E-state index in [0.29, 0.717) is 0 Å². The van der Waals surface area contributed by atoms with E-state index in [4.69, 9.17) is 0 Å². The van der Waals surface area contributed by atoms with E-state index < -0.39 is 41.2 Å². The summed E-state index contributed by atoms with van der Waals surface area (Å²) in [7, 11) is 1.61. The molecule has 1 aromatic carbocycles. The number of aryl methyl sites for hydroxylation is 1. The van der Waals surface area contributed by atoms with E-state index in [0.717, 1.165) is 0 Å². The number of halogens is 5. The van der Waals surface area contributed by atoms with Crippen molar-refractivity contribution in [3.8, 4) is 0 Å². The van der Waals surface area contributed by atoms with Crippen LogP contribution in [0.3, 0.4) is 0 Å². The van der Waals surface area contributed by atoms with E-state index in [1.165, 1.54) is 21.5 Å². The van der Waals surface area contributed by atoms with Crippen molar-refractivity contribution < 1.29 is 26.5 Å². The highest BCUT2D eigenvalue weighted by atomic mass is 19.2. The summed E-state index contributed by atoms with van der Waals surface area (Å²) in [5, 5.41) is 0.